The molecule has 2 aromatic rings. The third-order valence-corrected chi connectivity index (χ3v) is 2.52. The summed E-state index contributed by atoms with van der Waals surface area (Å²) in [7, 11) is 0. The van der Waals surface area contributed by atoms with Gasteiger partial charge >= 0.3 is 0 Å². The first-order valence-electron chi connectivity index (χ1n) is 4.94. The minimum atomic E-state index is -0.197. The Morgan fingerprint density at radius 2 is 2.25 bits per heavy atom. The van der Waals surface area contributed by atoms with E-state index in [-0.39, 0.29) is 5.56 Å². The molecule has 16 heavy (non-hydrogen) atoms. The SMILES string of the molecule is CC(C)n1cc(-n2ccc(=O)[nH]c2=S)cn1. The summed E-state index contributed by atoms with van der Waals surface area (Å²) in [6.07, 6.45) is 5.25. The number of nitrogens with zero attached hydrogens (tertiary/aromatic N) is 3. The maximum absolute atomic E-state index is 11.0. The van der Waals surface area contributed by atoms with Crippen molar-refractivity contribution in [3.63, 3.8) is 0 Å². The molecule has 1 N–H and O–H groups in total. The summed E-state index contributed by atoms with van der Waals surface area (Å²) < 4.78 is 3.92. The highest BCUT2D eigenvalue weighted by Crippen LogP contribution is 2.09. The van der Waals surface area contributed by atoms with Gasteiger partial charge in [0.25, 0.3) is 5.56 Å². The molecule has 2 rings (SSSR count). The molecule has 2 heterocycles. The number of aromatic nitrogens is 4. The van der Waals surface area contributed by atoms with Crippen LogP contribution in [-0.2, 0) is 0 Å². The predicted octanol–water partition coefficient (Wildman–Crippen LogP) is 1.67. The van der Waals surface area contributed by atoms with Crippen molar-refractivity contribution in [2.45, 2.75) is 19.9 Å². The first kappa shape index (κ1) is 10.8. The topological polar surface area (TPSA) is 55.6 Å². The Bertz CT molecular complexity index is 608. The molecule has 0 aliphatic rings. The molecule has 0 fully saturated rings. The summed E-state index contributed by atoms with van der Waals surface area (Å²) in [6, 6.07) is 1.73. The van der Waals surface area contributed by atoms with Gasteiger partial charge in [-0.2, -0.15) is 5.10 Å². The fourth-order valence-corrected chi connectivity index (χ4v) is 1.62. The number of nitrogens with one attached hydrogen (secondary N) is 1. The van der Waals surface area contributed by atoms with Crippen molar-refractivity contribution in [1.82, 2.24) is 19.3 Å². The Morgan fingerprint density at radius 1 is 1.50 bits per heavy atom. The fourth-order valence-electron chi connectivity index (χ4n) is 1.36. The van der Waals surface area contributed by atoms with E-state index in [9.17, 15) is 4.79 Å². The third kappa shape index (κ3) is 1.96. The van der Waals surface area contributed by atoms with E-state index >= 15 is 0 Å². The molecule has 0 atom stereocenters. The van der Waals surface area contributed by atoms with Gasteiger partial charge in [-0.25, -0.2) is 0 Å². The molecule has 0 saturated carbocycles. The van der Waals surface area contributed by atoms with Gasteiger partial charge in [0.2, 0.25) is 0 Å². The Balaban J connectivity index is 2.51. The van der Waals surface area contributed by atoms with E-state index in [1.807, 2.05) is 24.7 Å². The second kappa shape index (κ2) is 4.05. The van der Waals surface area contributed by atoms with Crippen LogP contribution >= 0.6 is 12.2 Å². The lowest BCUT2D eigenvalue weighted by molar-refractivity contribution is 0.532. The van der Waals surface area contributed by atoms with E-state index < -0.39 is 0 Å². The molecule has 0 bridgehead atoms. The summed E-state index contributed by atoms with van der Waals surface area (Å²) in [5.74, 6) is 0. The van der Waals surface area contributed by atoms with E-state index in [0.717, 1.165) is 5.69 Å². The molecular weight excluding hydrogens is 224 g/mol. The lowest BCUT2D eigenvalue weighted by Crippen LogP contribution is -2.09. The quantitative estimate of drug-likeness (QED) is 0.807. The Kier molecular flexibility index (Phi) is 2.74. The molecule has 0 aliphatic heterocycles. The van der Waals surface area contributed by atoms with Gasteiger partial charge in [-0.1, -0.05) is 0 Å². The van der Waals surface area contributed by atoms with Gasteiger partial charge in [-0.15, -0.1) is 0 Å². The number of hydrogen-bond donors (Lipinski definition) is 1. The maximum Gasteiger partial charge on any atom is 0.251 e. The zero-order valence-corrected chi connectivity index (χ0v) is 9.86. The van der Waals surface area contributed by atoms with Gasteiger partial charge < -0.3 is 0 Å². The Labute approximate surface area is 97.4 Å². The van der Waals surface area contributed by atoms with Crippen molar-refractivity contribution in [2.24, 2.45) is 0 Å². The molecule has 0 saturated heterocycles. The molecule has 0 aliphatic carbocycles. The largest absolute Gasteiger partial charge is 0.299 e. The first-order valence-corrected chi connectivity index (χ1v) is 5.35. The van der Waals surface area contributed by atoms with Crippen LogP contribution in [0, 0.1) is 4.77 Å². The van der Waals surface area contributed by atoms with Crippen LogP contribution in [0.15, 0.2) is 29.5 Å². The van der Waals surface area contributed by atoms with Gasteiger partial charge in [0, 0.05) is 24.5 Å². The molecule has 84 valence electrons. The van der Waals surface area contributed by atoms with Crippen LogP contribution in [0.4, 0.5) is 0 Å². The number of H-pyrrole nitrogens is 1. The maximum atomic E-state index is 11.0. The fraction of sp³-hybridized carbons (Fsp3) is 0.300. The highest BCUT2D eigenvalue weighted by Gasteiger charge is 2.03. The summed E-state index contributed by atoms with van der Waals surface area (Å²) in [4.78, 5) is 13.6. The van der Waals surface area contributed by atoms with Crippen LogP contribution in [-0.4, -0.2) is 19.3 Å². The van der Waals surface area contributed by atoms with Crippen molar-refractivity contribution in [2.75, 3.05) is 0 Å². The van der Waals surface area contributed by atoms with Crippen LogP contribution in [0.1, 0.15) is 19.9 Å². The molecular formula is C10H12N4OS. The monoisotopic (exact) mass is 236 g/mol. The summed E-state index contributed by atoms with van der Waals surface area (Å²) in [5, 5.41) is 4.21. The second-order valence-electron chi connectivity index (χ2n) is 3.75. The molecule has 0 aromatic carbocycles. The van der Waals surface area contributed by atoms with Crippen molar-refractivity contribution < 1.29 is 0 Å². The molecule has 6 heteroatoms. The van der Waals surface area contributed by atoms with Crippen molar-refractivity contribution >= 4 is 12.2 Å². The number of hydrogen-bond acceptors (Lipinski definition) is 3. The van der Waals surface area contributed by atoms with E-state index in [2.05, 4.69) is 10.1 Å². The van der Waals surface area contributed by atoms with Crippen molar-refractivity contribution in [3.8, 4) is 5.69 Å². The second-order valence-corrected chi connectivity index (χ2v) is 4.14. The van der Waals surface area contributed by atoms with Gasteiger partial charge in [0.1, 0.15) is 0 Å². The van der Waals surface area contributed by atoms with Crippen LogP contribution in [0.25, 0.3) is 5.69 Å². The van der Waals surface area contributed by atoms with Gasteiger partial charge in [-0.05, 0) is 26.1 Å². The van der Waals surface area contributed by atoms with E-state index in [1.165, 1.54) is 6.07 Å². The highest BCUT2D eigenvalue weighted by molar-refractivity contribution is 7.71. The average Bonchev–Trinajstić information content (AvgIpc) is 2.66. The minimum absolute atomic E-state index is 0.197. The number of rotatable bonds is 2. The molecule has 5 nitrogen and oxygen atoms in total. The van der Waals surface area contributed by atoms with E-state index in [4.69, 9.17) is 12.2 Å². The van der Waals surface area contributed by atoms with Crippen molar-refractivity contribution in [3.05, 3.63) is 39.8 Å². The molecule has 0 unspecified atom stereocenters. The van der Waals surface area contributed by atoms with Crippen LogP contribution in [0.5, 0.6) is 0 Å². The molecule has 0 amide bonds. The van der Waals surface area contributed by atoms with Gasteiger partial charge in [0.15, 0.2) is 4.77 Å². The average molecular weight is 236 g/mol. The lowest BCUT2D eigenvalue weighted by atomic mass is 10.4. The summed E-state index contributed by atoms with van der Waals surface area (Å²) in [5.41, 5.74) is 0.646. The predicted molar refractivity (Wildman–Crippen MR) is 63.4 cm³/mol. The highest BCUT2D eigenvalue weighted by atomic mass is 32.1. The van der Waals surface area contributed by atoms with Gasteiger partial charge in [0.05, 0.1) is 11.9 Å². The molecule has 2 aromatic heterocycles. The molecule has 0 radical (unpaired) electrons. The minimum Gasteiger partial charge on any atom is -0.299 e. The summed E-state index contributed by atoms with van der Waals surface area (Å²) in [6.45, 7) is 4.09. The molecule has 0 spiro atoms. The van der Waals surface area contributed by atoms with E-state index in [0.29, 0.717) is 10.8 Å². The standard InChI is InChI=1S/C10H12N4OS/c1-7(2)14-6-8(5-11-14)13-4-3-9(15)12-10(13)16/h3-7H,1-2H3,(H,12,15,16). The van der Waals surface area contributed by atoms with Crippen LogP contribution < -0.4 is 5.56 Å². The normalized spacial score (nSPS) is 10.9. The summed E-state index contributed by atoms with van der Waals surface area (Å²) >= 11 is 5.07. The lowest BCUT2D eigenvalue weighted by Gasteiger charge is -2.04. The smallest absolute Gasteiger partial charge is 0.251 e. The first-order chi connectivity index (χ1) is 7.58. The Morgan fingerprint density at radius 3 is 2.81 bits per heavy atom. The number of aromatic amines is 1. The Hall–Kier alpha value is -1.69. The van der Waals surface area contributed by atoms with Crippen LogP contribution in [0.3, 0.4) is 0 Å². The van der Waals surface area contributed by atoms with Crippen LogP contribution in [0.2, 0.25) is 0 Å². The van der Waals surface area contributed by atoms with E-state index in [1.54, 1.807) is 17.0 Å². The zero-order valence-electron chi connectivity index (χ0n) is 9.04. The zero-order chi connectivity index (χ0) is 11.7. The van der Waals surface area contributed by atoms with Gasteiger partial charge in [-0.3, -0.25) is 19.0 Å². The third-order valence-electron chi connectivity index (χ3n) is 2.22. The van der Waals surface area contributed by atoms with Crippen molar-refractivity contribution in [1.29, 1.82) is 0 Å².